The van der Waals surface area contributed by atoms with Gasteiger partial charge in [-0.25, -0.2) is 24.0 Å². The van der Waals surface area contributed by atoms with E-state index in [0.717, 1.165) is 46.5 Å². The van der Waals surface area contributed by atoms with Crippen LogP contribution in [-0.2, 0) is 18.3 Å². The summed E-state index contributed by atoms with van der Waals surface area (Å²) in [4.78, 5) is 33.0. The van der Waals surface area contributed by atoms with Gasteiger partial charge in [0.15, 0.2) is 5.65 Å². The molecule has 0 aliphatic carbocycles. The first kappa shape index (κ1) is 31.9. The third-order valence-corrected chi connectivity index (χ3v) is 9.91. The summed E-state index contributed by atoms with van der Waals surface area (Å²) in [6.07, 6.45) is 5.87. The van der Waals surface area contributed by atoms with E-state index in [1.54, 1.807) is 16.9 Å². The quantitative estimate of drug-likeness (QED) is 0.230. The van der Waals surface area contributed by atoms with Crippen LogP contribution in [0.1, 0.15) is 25.0 Å². The Hall–Kier alpha value is -5.30. The zero-order valence-electron chi connectivity index (χ0n) is 27.8. The normalized spacial score (nSPS) is 18.0. The second kappa shape index (κ2) is 13.2. The van der Waals surface area contributed by atoms with Crippen molar-refractivity contribution in [2.24, 2.45) is 7.05 Å². The van der Waals surface area contributed by atoms with E-state index < -0.39 is 11.9 Å². The molecule has 0 radical (unpaired) electrons. The Balaban J connectivity index is 1.21. The van der Waals surface area contributed by atoms with Gasteiger partial charge in [-0.2, -0.15) is 10.2 Å². The number of alkyl halides is 1. The fraction of sp³-hybridized carbons (Fsp3) is 0.333. The SMILES string of the molecule is COc1cc(F)ccc1-n1ncc2c(N3CC4CC3C(=O)N(CCCCl)CCCc3c5c(cccc5nn3C)-c3cccc(n3)N4)ncnc21. The van der Waals surface area contributed by atoms with Crippen molar-refractivity contribution >= 4 is 51.1 Å². The molecule has 1 N–H and O–H groups in total. The number of carbonyl (C=O) groups is 1. The number of rotatable bonds is 6. The highest BCUT2D eigenvalue weighted by Gasteiger charge is 2.41. The summed E-state index contributed by atoms with van der Waals surface area (Å²) in [6, 6.07) is 15.8. The number of anilines is 2. The van der Waals surface area contributed by atoms with Crippen LogP contribution in [0.4, 0.5) is 16.0 Å². The third kappa shape index (κ3) is 5.64. The van der Waals surface area contributed by atoms with E-state index in [-0.39, 0.29) is 11.9 Å². The molecule has 4 aromatic heterocycles. The largest absolute Gasteiger partial charge is 0.494 e. The van der Waals surface area contributed by atoms with Gasteiger partial charge in [0, 0.05) is 61.3 Å². The standard InChI is InChI=1S/C36H36ClFN10O2/c1-45-29-10-5-15-46(16-6-14-37)36(49)30-18-23(42-32-11-4-8-26(43-32)24-7-3-9-27(44-45)33(24)29)20-47(30)34-25-19-41-48(35(25)40-21-39-34)28-13-12-22(38)17-31(28)50-2/h3-4,7-9,11-13,17,19,21,23,30H,5-6,10,14-16,18,20H2,1-2H3,(H,42,43). The Labute approximate surface area is 292 Å². The highest BCUT2D eigenvalue weighted by molar-refractivity contribution is 6.17. The summed E-state index contributed by atoms with van der Waals surface area (Å²) >= 11 is 6.17. The first-order chi connectivity index (χ1) is 24.4. The average Bonchev–Trinajstić information content (AvgIpc) is 3.84. The molecule has 6 aromatic rings. The molecule has 2 aliphatic heterocycles. The van der Waals surface area contributed by atoms with E-state index in [1.807, 2.05) is 47.0 Å². The molecule has 8 rings (SSSR count). The number of carbonyl (C=O) groups excluding carboxylic acids is 1. The minimum Gasteiger partial charge on any atom is -0.494 e. The fourth-order valence-corrected chi connectivity index (χ4v) is 7.51. The van der Waals surface area contributed by atoms with Gasteiger partial charge in [0.2, 0.25) is 5.91 Å². The molecule has 1 amide bonds. The van der Waals surface area contributed by atoms with Crippen LogP contribution in [0.3, 0.4) is 0 Å². The highest BCUT2D eigenvalue weighted by atomic mass is 35.5. The summed E-state index contributed by atoms with van der Waals surface area (Å²) in [5.74, 6) is 1.69. The number of ether oxygens (including phenoxy) is 1. The van der Waals surface area contributed by atoms with Crippen LogP contribution in [0, 0.1) is 5.82 Å². The second-order valence-corrected chi connectivity index (χ2v) is 13.1. The number of methoxy groups -OCH3 is 1. The number of nitrogens with one attached hydrogen (secondary N) is 1. The summed E-state index contributed by atoms with van der Waals surface area (Å²) in [6.45, 7) is 1.61. The highest BCUT2D eigenvalue weighted by Crippen LogP contribution is 2.35. The maximum absolute atomic E-state index is 14.7. The maximum atomic E-state index is 14.7. The van der Waals surface area contributed by atoms with Gasteiger partial charge in [-0.05, 0) is 56.0 Å². The number of amides is 1. The minimum atomic E-state index is -0.515. The lowest BCUT2D eigenvalue weighted by atomic mass is 10.0. The topological polar surface area (TPSA) is 119 Å². The van der Waals surface area contributed by atoms with Crippen LogP contribution in [0.5, 0.6) is 5.75 Å². The van der Waals surface area contributed by atoms with Crippen molar-refractivity contribution < 1.29 is 13.9 Å². The number of hydrogen-bond acceptors (Lipinski definition) is 9. The van der Waals surface area contributed by atoms with Crippen molar-refractivity contribution in [3.63, 3.8) is 0 Å². The van der Waals surface area contributed by atoms with Crippen molar-refractivity contribution in [2.45, 2.75) is 37.8 Å². The maximum Gasteiger partial charge on any atom is 0.245 e. The first-order valence-corrected chi connectivity index (χ1v) is 17.3. The molecule has 6 heterocycles. The number of pyridine rings is 1. The van der Waals surface area contributed by atoms with Gasteiger partial charge >= 0.3 is 0 Å². The number of fused-ring (bicyclic) bond motifs is 6. The molecule has 4 bridgehead atoms. The van der Waals surface area contributed by atoms with Crippen molar-refractivity contribution in [3.8, 4) is 22.7 Å². The van der Waals surface area contributed by atoms with Gasteiger partial charge in [-0.1, -0.05) is 18.2 Å². The fourth-order valence-electron chi connectivity index (χ4n) is 7.39. The van der Waals surface area contributed by atoms with E-state index in [1.165, 1.54) is 25.6 Å². The van der Waals surface area contributed by atoms with Gasteiger partial charge in [0.1, 0.15) is 41.3 Å². The summed E-state index contributed by atoms with van der Waals surface area (Å²) < 4.78 is 23.1. The predicted molar refractivity (Wildman–Crippen MR) is 191 cm³/mol. The van der Waals surface area contributed by atoms with E-state index in [9.17, 15) is 9.18 Å². The van der Waals surface area contributed by atoms with Crippen LogP contribution in [0.15, 0.2) is 67.1 Å². The number of benzene rings is 2. The van der Waals surface area contributed by atoms with E-state index in [4.69, 9.17) is 31.4 Å². The predicted octanol–water partition coefficient (Wildman–Crippen LogP) is 5.38. The minimum absolute atomic E-state index is 0.0194. The van der Waals surface area contributed by atoms with Gasteiger partial charge in [0.05, 0.1) is 29.9 Å². The number of halogens is 2. The van der Waals surface area contributed by atoms with E-state index >= 15 is 0 Å². The number of aryl methyl sites for hydroxylation is 2. The Morgan fingerprint density at radius 3 is 2.86 bits per heavy atom. The van der Waals surface area contributed by atoms with Crippen molar-refractivity contribution in [3.05, 3.63) is 78.6 Å². The van der Waals surface area contributed by atoms with E-state index in [2.05, 4.69) is 26.4 Å². The molecule has 50 heavy (non-hydrogen) atoms. The monoisotopic (exact) mass is 694 g/mol. The summed E-state index contributed by atoms with van der Waals surface area (Å²) in [7, 11) is 3.46. The lowest BCUT2D eigenvalue weighted by molar-refractivity contribution is -0.132. The molecule has 0 saturated carbocycles. The lowest BCUT2D eigenvalue weighted by Crippen LogP contribution is -2.47. The van der Waals surface area contributed by atoms with Crippen molar-refractivity contribution in [1.82, 2.24) is 39.4 Å². The van der Waals surface area contributed by atoms with E-state index in [0.29, 0.717) is 66.6 Å². The molecule has 2 aliphatic rings. The second-order valence-electron chi connectivity index (χ2n) is 12.7. The number of aromatic nitrogens is 7. The smallest absolute Gasteiger partial charge is 0.245 e. The molecule has 2 aromatic carbocycles. The van der Waals surface area contributed by atoms with Gasteiger partial charge in [-0.15, -0.1) is 11.6 Å². The number of nitrogens with zero attached hydrogens (tertiary/aromatic N) is 9. The molecule has 1 saturated heterocycles. The first-order valence-electron chi connectivity index (χ1n) is 16.8. The van der Waals surface area contributed by atoms with Crippen molar-refractivity contribution in [2.75, 3.05) is 42.8 Å². The molecular weight excluding hydrogens is 659 g/mol. The van der Waals surface area contributed by atoms with Crippen LogP contribution in [0.2, 0.25) is 0 Å². The summed E-state index contributed by atoms with van der Waals surface area (Å²) in [5, 5.41) is 14.8. The summed E-state index contributed by atoms with van der Waals surface area (Å²) in [5.41, 5.74) is 4.97. The molecule has 2 unspecified atom stereocenters. The zero-order chi connectivity index (χ0) is 34.4. The average molecular weight is 695 g/mol. The molecular formula is C36H36ClFN10O2. The van der Waals surface area contributed by atoms with Gasteiger partial charge in [-0.3, -0.25) is 9.48 Å². The molecule has 2 atom stereocenters. The van der Waals surface area contributed by atoms with Crippen LogP contribution in [0.25, 0.3) is 38.9 Å². The van der Waals surface area contributed by atoms with Crippen molar-refractivity contribution in [1.29, 1.82) is 0 Å². The van der Waals surface area contributed by atoms with Crippen LogP contribution in [-0.4, -0.2) is 90.0 Å². The third-order valence-electron chi connectivity index (χ3n) is 9.64. The number of hydrogen-bond donors (Lipinski definition) is 1. The molecule has 1 fully saturated rings. The molecule has 14 heteroatoms. The Kier molecular flexibility index (Phi) is 8.43. The van der Waals surface area contributed by atoms with Gasteiger partial charge < -0.3 is 19.9 Å². The van der Waals surface area contributed by atoms with Crippen LogP contribution < -0.4 is 15.0 Å². The zero-order valence-corrected chi connectivity index (χ0v) is 28.5. The Morgan fingerprint density at radius 1 is 1.12 bits per heavy atom. The molecule has 12 nitrogen and oxygen atoms in total. The lowest BCUT2D eigenvalue weighted by Gasteiger charge is -2.31. The molecule has 0 spiro atoms. The van der Waals surface area contributed by atoms with Crippen LogP contribution >= 0.6 is 11.6 Å². The molecule has 256 valence electrons. The van der Waals surface area contributed by atoms with Gasteiger partial charge in [0.25, 0.3) is 0 Å². The Morgan fingerprint density at radius 2 is 2.00 bits per heavy atom. The Bertz CT molecular complexity index is 2220.